The van der Waals surface area contributed by atoms with E-state index in [9.17, 15) is 4.79 Å². The Morgan fingerprint density at radius 1 is 1.62 bits per heavy atom. The van der Waals surface area contributed by atoms with Crippen molar-refractivity contribution < 1.29 is 10.0 Å². The Morgan fingerprint density at radius 3 is 2.69 bits per heavy atom. The summed E-state index contributed by atoms with van der Waals surface area (Å²) in [5.41, 5.74) is 0.827. The normalized spacial score (nSPS) is 18.4. The summed E-state index contributed by atoms with van der Waals surface area (Å²) in [7, 11) is 1.63. The highest BCUT2D eigenvalue weighted by Crippen LogP contribution is 2.06. The smallest absolute Gasteiger partial charge is 0.233 e. The second kappa shape index (κ2) is 4.81. The number of carbonyl (C=O) groups is 1. The van der Waals surface area contributed by atoms with Crippen LogP contribution in [0.4, 0.5) is 0 Å². The van der Waals surface area contributed by atoms with Gasteiger partial charge in [-0.2, -0.15) is 0 Å². The van der Waals surface area contributed by atoms with Crippen LogP contribution in [0.3, 0.4) is 0 Å². The number of hydrogen-bond donors (Lipinski definition) is 2. The molecule has 1 aliphatic rings. The molecular formula is C8H15N3O2. The van der Waals surface area contributed by atoms with Crippen LogP contribution in [0.1, 0.15) is 12.8 Å². The predicted octanol–water partition coefficient (Wildman–Crippen LogP) is -0.342. The first-order chi connectivity index (χ1) is 6.26. The van der Waals surface area contributed by atoms with Gasteiger partial charge in [-0.3, -0.25) is 9.69 Å². The summed E-state index contributed by atoms with van der Waals surface area (Å²) in [4.78, 5) is 13.0. The molecule has 1 amide bonds. The zero-order chi connectivity index (χ0) is 9.68. The second-order valence-electron chi connectivity index (χ2n) is 3.12. The first kappa shape index (κ1) is 9.98. The van der Waals surface area contributed by atoms with Gasteiger partial charge in [0, 0.05) is 33.0 Å². The lowest BCUT2D eigenvalue weighted by atomic mass is 10.1. The lowest BCUT2D eigenvalue weighted by molar-refractivity contribution is -0.121. The monoisotopic (exact) mass is 185 g/mol. The number of nitrogens with zero attached hydrogens (tertiary/aromatic N) is 2. The Bertz CT molecular complexity index is 205. The molecule has 1 saturated heterocycles. The average Bonchev–Trinajstić information content (AvgIpc) is 2.19. The van der Waals surface area contributed by atoms with Crippen molar-refractivity contribution in [2.75, 3.05) is 26.7 Å². The third-order valence-electron chi connectivity index (χ3n) is 2.22. The molecule has 0 aromatic heterocycles. The number of oxime groups is 1. The highest BCUT2D eigenvalue weighted by molar-refractivity contribution is 5.85. The quantitative estimate of drug-likeness (QED) is 0.457. The number of carbonyl (C=O) groups excluding carboxylic acids is 1. The number of likely N-dealkylation sites (tertiary alicyclic amines) is 1. The minimum absolute atomic E-state index is 0.0318. The Hall–Kier alpha value is -1.10. The Labute approximate surface area is 77.4 Å². The number of rotatable bonds is 2. The molecule has 5 heteroatoms. The molecule has 0 spiro atoms. The van der Waals surface area contributed by atoms with E-state index < -0.39 is 0 Å². The Morgan fingerprint density at radius 2 is 2.23 bits per heavy atom. The molecule has 0 aromatic rings. The molecular weight excluding hydrogens is 170 g/mol. The van der Waals surface area contributed by atoms with Gasteiger partial charge in [0.1, 0.15) is 0 Å². The van der Waals surface area contributed by atoms with Gasteiger partial charge in [-0.15, -0.1) is 0 Å². The van der Waals surface area contributed by atoms with Crippen molar-refractivity contribution in [1.82, 2.24) is 10.2 Å². The zero-order valence-electron chi connectivity index (χ0n) is 7.79. The van der Waals surface area contributed by atoms with E-state index in [-0.39, 0.29) is 5.91 Å². The fraction of sp³-hybridized carbons (Fsp3) is 0.750. The van der Waals surface area contributed by atoms with E-state index >= 15 is 0 Å². The molecule has 0 unspecified atom stereocenters. The van der Waals surface area contributed by atoms with E-state index in [0.717, 1.165) is 31.6 Å². The van der Waals surface area contributed by atoms with Gasteiger partial charge in [0.15, 0.2) is 0 Å². The molecule has 5 nitrogen and oxygen atoms in total. The molecule has 1 fully saturated rings. The van der Waals surface area contributed by atoms with Gasteiger partial charge in [0.05, 0.1) is 12.3 Å². The van der Waals surface area contributed by atoms with Crippen molar-refractivity contribution >= 4 is 11.6 Å². The van der Waals surface area contributed by atoms with Gasteiger partial charge >= 0.3 is 0 Å². The molecule has 0 bridgehead atoms. The van der Waals surface area contributed by atoms with Gasteiger partial charge in [-0.05, 0) is 0 Å². The molecule has 0 radical (unpaired) electrons. The van der Waals surface area contributed by atoms with E-state index in [0.29, 0.717) is 6.54 Å². The Kier molecular flexibility index (Phi) is 3.70. The van der Waals surface area contributed by atoms with Crippen LogP contribution in [0, 0.1) is 0 Å². The summed E-state index contributed by atoms with van der Waals surface area (Å²) in [5.74, 6) is 0.0318. The van der Waals surface area contributed by atoms with Crippen LogP contribution in [0.25, 0.3) is 0 Å². The summed E-state index contributed by atoms with van der Waals surface area (Å²) in [6.45, 7) is 2.04. The zero-order valence-corrected chi connectivity index (χ0v) is 7.79. The van der Waals surface area contributed by atoms with Crippen molar-refractivity contribution in [3.8, 4) is 0 Å². The van der Waals surface area contributed by atoms with Gasteiger partial charge in [0.25, 0.3) is 0 Å². The first-order valence-electron chi connectivity index (χ1n) is 4.39. The average molecular weight is 185 g/mol. The van der Waals surface area contributed by atoms with Crippen LogP contribution in [-0.4, -0.2) is 48.4 Å². The van der Waals surface area contributed by atoms with Crippen molar-refractivity contribution in [2.45, 2.75) is 12.8 Å². The highest BCUT2D eigenvalue weighted by atomic mass is 16.4. The van der Waals surface area contributed by atoms with E-state index in [1.54, 1.807) is 7.05 Å². The van der Waals surface area contributed by atoms with E-state index in [1.807, 2.05) is 4.90 Å². The maximum absolute atomic E-state index is 11.0. The molecule has 0 aliphatic carbocycles. The third-order valence-corrected chi connectivity index (χ3v) is 2.22. The molecule has 0 saturated carbocycles. The third kappa shape index (κ3) is 3.02. The molecule has 2 N–H and O–H groups in total. The van der Waals surface area contributed by atoms with Crippen LogP contribution in [0.2, 0.25) is 0 Å². The van der Waals surface area contributed by atoms with Gasteiger partial charge in [-0.1, -0.05) is 5.16 Å². The summed E-state index contributed by atoms with van der Waals surface area (Å²) in [6.07, 6.45) is 1.51. The fourth-order valence-corrected chi connectivity index (χ4v) is 1.35. The van der Waals surface area contributed by atoms with Crippen molar-refractivity contribution in [3.63, 3.8) is 0 Å². The topological polar surface area (TPSA) is 64.9 Å². The fourth-order valence-electron chi connectivity index (χ4n) is 1.35. The lowest BCUT2D eigenvalue weighted by Gasteiger charge is -2.25. The molecule has 0 aromatic carbocycles. The molecule has 0 atom stereocenters. The number of amides is 1. The summed E-state index contributed by atoms with van der Waals surface area (Å²) < 4.78 is 0. The van der Waals surface area contributed by atoms with E-state index in [4.69, 9.17) is 5.21 Å². The van der Waals surface area contributed by atoms with Crippen molar-refractivity contribution in [1.29, 1.82) is 0 Å². The largest absolute Gasteiger partial charge is 0.411 e. The standard InChI is InChI=1S/C8H15N3O2/c1-9-8(12)6-11-4-2-7(10-13)3-5-11/h13H,2-6H2,1H3,(H,9,12). The molecule has 74 valence electrons. The summed E-state index contributed by atoms with van der Waals surface area (Å²) in [5, 5.41) is 14.2. The lowest BCUT2D eigenvalue weighted by Crippen LogP contribution is -2.40. The maximum atomic E-state index is 11.0. The number of piperidine rings is 1. The Balaban J connectivity index is 2.29. The van der Waals surface area contributed by atoms with Crippen molar-refractivity contribution in [3.05, 3.63) is 0 Å². The van der Waals surface area contributed by atoms with E-state index in [2.05, 4.69) is 10.5 Å². The molecule has 13 heavy (non-hydrogen) atoms. The van der Waals surface area contributed by atoms with Crippen LogP contribution in [0.15, 0.2) is 5.16 Å². The number of hydrogen-bond acceptors (Lipinski definition) is 4. The molecule has 1 rings (SSSR count). The van der Waals surface area contributed by atoms with Gasteiger partial charge in [0.2, 0.25) is 5.91 Å². The van der Waals surface area contributed by atoms with Crippen LogP contribution in [-0.2, 0) is 4.79 Å². The van der Waals surface area contributed by atoms with Gasteiger partial charge in [-0.25, -0.2) is 0 Å². The summed E-state index contributed by atoms with van der Waals surface area (Å²) in [6, 6.07) is 0. The number of nitrogens with one attached hydrogen (secondary N) is 1. The SMILES string of the molecule is CNC(=O)CN1CCC(=NO)CC1. The first-order valence-corrected chi connectivity index (χ1v) is 4.39. The van der Waals surface area contributed by atoms with E-state index in [1.165, 1.54) is 0 Å². The molecule has 1 aliphatic heterocycles. The summed E-state index contributed by atoms with van der Waals surface area (Å²) >= 11 is 0. The highest BCUT2D eigenvalue weighted by Gasteiger charge is 2.16. The minimum Gasteiger partial charge on any atom is -0.411 e. The minimum atomic E-state index is 0.0318. The van der Waals surface area contributed by atoms with Crippen LogP contribution < -0.4 is 5.32 Å². The van der Waals surface area contributed by atoms with Gasteiger partial charge < -0.3 is 10.5 Å². The molecule has 1 heterocycles. The van der Waals surface area contributed by atoms with Crippen LogP contribution >= 0.6 is 0 Å². The van der Waals surface area contributed by atoms with Crippen molar-refractivity contribution in [2.24, 2.45) is 5.16 Å². The van der Waals surface area contributed by atoms with Crippen LogP contribution in [0.5, 0.6) is 0 Å². The maximum Gasteiger partial charge on any atom is 0.233 e. The predicted molar refractivity (Wildman–Crippen MR) is 49.0 cm³/mol. The number of likely N-dealkylation sites (N-methyl/N-ethyl adjacent to an activating group) is 1. The second-order valence-corrected chi connectivity index (χ2v) is 3.12.